The number of nitrogens with one attached hydrogen (secondary N) is 2. The Bertz CT molecular complexity index is 656. The molecule has 0 atom stereocenters. The standard InChI is InChI=1S/C15H13ClN2O2/c16-12-7-3-1-5-10(12)9-18-13-8-4-2-6-11(13)14(17)15(19)20/h1-8,17-18H,9H2,(H,19,20). The fourth-order valence-corrected chi connectivity index (χ4v) is 2.01. The van der Waals surface area contributed by atoms with Gasteiger partial charge in [0.25, 0.3) is 0 Å². The fourth-order valence-electron chi connectivity index (χ4n) is 1.80. The molecule has 0 fully saturated rings. The van der Waals surface area contributed by atoms with Crippen molar-refractivity contribution in [2.45, 2.75) is 6.54 Å². The molecule has 0 saturated carbocycles. The largest absolute Gasteiger partial charge is 0.477 e. The first-order valence-corrected chi connectivity index (χ1v) is 6.36. The molecule has 0 heterocycles. The predicted octanol–water partition coefficient (Wildman–Crippen LogP) is 3.40. The molecule has 0 spiro atoms. The number of hydrogen-bond acceptors (Lipinski definition) is 3. The summed E-state index contributed by atoms with van der Waals surface area (Å²) in [6.45, 7) is 0.462. The minimum Gasteiger partial charge on any atom is -0.477 e. The third-order valence-electron chi connectivity index (χ3n) is 2.84. The summed E-state index contributed by atoms with van der Waals surface area (Å²) in [4.78, 5) is 10.9. The van der Waals surface area contributed by atoms with Crippen molar-refractivity contribution in [3.05, 3.63) is 64.7 Å². The van der Waals surface area contributed by atoms with E-state index in [4.69, 9.17) is 22.1 Å². The number of carboxylic acids is 1. The van der Waals surface area contributed by atoms with Gasteiger partial charge in [-0.15, -0.1) is 0 Å². The summed E-state index contributed by atoms with van der Waals surface area (Å²) >= 11 is 6.07. The number of benzene rings is 2. The Balaban J connectivity index is 2.20. The second kappa shape index (κ2) is 6.21. The molecule has 0 aliphatic heterocycles. The van der Waals surface area contributed by atoms with E-state index >= 15 is 0 Å². The van der Waals surface area contributed by atoms with Gasteiger partial charge in [-0.2, -0.15) is 0 Å². The summed E-state index contributed by atoms with van der Waals surface area (Å²) < 4.78 is 0. The molecule has 0 aliphatic rings. The quantitative estimate of drug-likeness (QED) is 0.738. The molecular weight excluding hydrogens is 276 g/mol. The topological polar surface area (TPSA) is 73.2 Å². The second-order valence-corrected chi connectivity index (χ2v) is 4.58. The molecule has 0 radical (unpaired) electrons. The minimum atomic E-state index is -1.25. The van der Waals surface area contributed by atoms with Gasteiger partial charge in [0.15, 0.2) is 0 Å². The lowest BCUT2D eigenvalue weighted by Crippen LogP contribution is -2.15. The molecular formula is C15H13ClN2O2. The van der Waals surface area contributed by atoms with Crippen LogP contribution in [0.15, 0.2) is 48.5 Å². The average Bonchev–Trinajstić information content (AvgIpc) is 2.46. The van der Waals surface area contributed by atoms with Crippen LogP contribution in [0.1, 0.15) is 11.1 Å². The first kappa shape index (κ1) is 14.1. The van der Waals surface area contributed by atoms with Crippen molar-refractivity contribution in [1.82, 2.24) is 0 Å². The van der Waals surface area contributed by atoms with Crippen molar-refractivity contribution in [3.63, 3.8) is 0 Å². The van der Waals surface area contributed by atoms with E-state index in [1.165, 1.54) is 0 Å². The molecule has 5 heteroatoms. The normalized spacial score (nSPS) is 10.1. The van der Waals surface area contributed by atoms with Gasteiger partial charge in [-0.05, 0) is 17.7 Å². The Morgan fingerprint density at radius 2 is 1.80 bits per heavy atom. The highest BCUT2D eigenvalue weighted by Crippen LogP contribution is 2.20. The van der Waals surface area contributed by atoms with Crippen molar-refractivity contribution in [1.29, 1.82) is 5.41 Å². The lowest BCUT2D eigenvalue weighted by atomic mass is 10.1. The Labute approximate surface area is 121 Å². The third-order valence-corrected chi connectivity index (χ3v) is 3.21. The number of rotatable bonds is 5. The molecule has 0 aliphatic carbocycles. The summed E-state index contributed by atoms with van der Waals surface area (Å²) in [7, 11) is 0. The number of halogens is 1. The van der Waals surface area contributed by atoms with Crippen LogP contribution in [-0.2, 0) is 11.3 Å². The highest BCUT2D eigenvalue weighted by molar-refractivity contribution is 6.42. The van der Waals surface area contributed by atoms with Gasteiger partial charge in [0.2, 0.25) is 0 Å². The summed E-state index contributed by atoms with van der Waals surface area (Å²) in [6.07, 6.45) is 0. The lowest BCUT2D eigenvalue weighted by molar-refractivity contribution is -0.129. The molecule has 2 aromatic rings. The molecule has 0 bridgehead atoms. The van der Waals surface area contributed by atoms with Gasteiger partial charge in [-0.25, -0.2) is 4.79 Å². The Morgan fingerprint density at radius 1 is 1.15 bits per heavy atom. The van der Waals surface area contributed by atoms with Crippen LogP contribution in [0.5, 0.6) is 0 Å². The zero-order valence-corrected chi connectivity index (χ0v) is 11.3. The number of aliphatic carboxylic acids is 1. The molecule has 20 heavy (non-hydrogen) atoms. The summed E-state index contributed by atoms with van der Waals surface area (Å²) in [5.74, 6) is -1.25. The maximum Gasteiger partial charge on any atom is 0.354 e. The van der Waals surface area contributed by atoms with Gasteiger partial charge in [-0.3, -0.25) is 5.41 Å². The van der Waals surface area contributed by atoms with E-state index < -0.39 is 11.7 Å². The molecule has 4 nitrogen and oxygen atoms in total. The van der Waals surface area contributed by atoms with Gasteiger partial charge in [-0.1, -0.05) is 48.0 Å². The molecule has 3 N–H and O–H groups in total. The zero-order valence-electron chi connectivity index (χ0n) is 10.6. The molecule has 0 unspecified atom stereocenters. The minimum absolute atomic E-state index is 0.354. The van der Waals surface area contributed by atoms with Crippen LogP contribution in [0.2, 0.25) is 5.02 Å². The summed E-state index contributed by atoms with van der Waals surface area (Å²) in [5.41, 5.74) is 1.42. The van der Waals surface area contributed by atoms with E-state index in [9.17, 15) is 4.79 Å². The smallest absolute Gasteiger partial charge is 0.354 e. The van der Waals surface area contributed by atoms with Crippen molar-refractivity contribution in [2.24, 2.45) is 0 Å². The monoisotopic (exact) mass is 288 g/mol. The second-order valence-electron chi connectivity index (χ2n) is 4.17. The molecule has 102 valence electrons. The molecule has 0 saturated heterocycles. The van der Waals surface area contributed by atoms with Gasteiger partial charge >= 0.3 is 5.97 Å². The van der Waals surface area contributed by atoms with Crippen LogP contribution in [0.4, 0.5) is 5.69 Å². The first-order valence-electron chi connectivity index (χ1n) is 5.98. The Hall–Kier alpha value is -2.33. The van der Waals surface area contributed by atoms with E-state index in [2.05, 4.69) is 5.32 Å². The Kier molecular flexibility index (Phi) is 4.38. The predicted molar refractivity (Wildman–Crippen MR) is 79.7 cm³/mol. The maximum atomic E-state index is 10.9. The third kappa shape index (κ3) is 3.16. The van der Waals surface area contributed by atoms with Crippen molar-refractivity contribution >= 4 is 29.0 Å². The van der Waals surface area contributed by atoms with E-state index in [1.807, 2.05) is 18.2 Å². The van der Waals surface area contributed by atoms with Crippen LogP contribution in [0.25, 0.3) is 0 Å². The summed E-state index contributed by atoms with van der Waals surface area (Å²) in [6, 6.07) is 14.2. The number of para-hydroxylation sites is 1. The van der Waals surface area contributed by atoms with Crippen molar-refractivity contribution < 1.29 is 9.90 Å². The van der Waals surface area contributed by atoms with Crippen LogP contribution in [0, 0.1) is 5.41 Å². The van der Waals surface area contributed by atoms with E-state index in [0.717, 1.165) is 5.56 Å². The average molecular weight is 289 g/mol. The van der Waals surface area contributed by atoms with Crippen LogP contribution in [-0.4, -0.2) is 16.8 Å². The van der Waals surface area contributed by atoms with E-state index in [0.29, 0.717) is 22.8 Å². The first-order chi connectivity index (χ1) is 9.59. The molecule has 2 aromatic carbocycles. The van der Waals surface area contributed by atoms with Crippen LogP contribution in [0.3, 0.4) is 0 Å². The van der Waals surface area contributed by atoms with Gasteiger partial charge in [0, 0.05) is 22.8 Å². The van der Waals surface area contributed by atoms with E-state index in [1.54, 1.807) is 30.3 Å². The molecule has 0 amide bonds. The number of carboxylic acid groups (broad SMARTS) is 1. The highest BCUT2D eigenvalue weighted by Gasteiger charge is 2.13. The fraction of sp³-hybridized carbons (Fsp3) is 0.0667. The summed E-state index contributed by atoms with van der Waals surface area (Å²) in [5, 5.41) is 20.3. The SMILES string of the molecule is N=C(C(=O)O)c1ccccc1NCc1ccccc1Cl. The molecule has 0 aromatic heterocycles. The number of hydrogen-bond donors (Lipinski definition) is 3. The number of carbonyl (C=O) groups is 1. The van der Waals surface area contributed by atoms with Crippen LogP contribution >= 0.6 is 11.6 Å². The zero-order chi connectivity index (χ0) is 14.5. The van der Waals surface area contributed by atoms with Gasteiger partial charge in [0.1, 0.15) is 5.71 Å². The number of anilines is 1. The Morgan fingerprint density at radius 3 is 2.50 bits per heavy atom. The van der Waals surface area contributed by atoms with Crippen molar-refractivity contribution in [3.8, 4) is 0 Å². The molecule has 2 rings (SSSR count). The van der Waals surface area contributed by atoms with Crippen LogP contribution < -0.4 is 5.32 Å². The van der Waals surface area contributed by atoms with E-state index in [-0.39, 0.29) is 0 Å². The highest BCUT2D eigenvalue weighted by atomic mass is 35.5. The lowest BCUT2D eigenvalue weighted by Gasteiger charge is -2.12. The van der Waals surface area contributed by atoms with Crippen molar-refractivity contribution in [2.75, 3.05) is 5.32 Å². The maximum absolute atomic E-state index is 10.9. The van der Waals surface area contributed by atoms with Gasteiger partial charge in [0.05, 0.1) is 0 Å². The van der Waals surface area contributed by atoms with Gasteiger partial charge < -0.3 is 10.4 Å².